The molecule has 1 aromatic heterocycles. The van der Waals surface area contributed by atoms with Crippen LogP contribution in [0.3, 0.4) is 0 Å². The maximum Gasteiger partial charge on any atom is 0.208 e. The van der Waals surface area contributed by atoms with Gasteiger partial charge in [-0.15, -0.1) is 10.2 Å². The monoisotopic (exact) mass is 317 g/mol. The fraction of sp³-hybridized carbons (Fsp3) is 0.500. The first-order valence-electron chi connectivity index (χ1n) is 7.66. The summed E-state index contributed by atoms with van der Waals surface area (Å²) >= 11 is 1.68. The predicted molar refractivity (Wildman–Crippen MR) is 85.5 cm³/mol. The van der Waals surface area contributed by atoms with Crippen LogP contribution < -0.4 is 4.90 Å². The minimum Gasteiger partial charge on any atom is -0.378 e. The van der Waals surface area contributed by atoms with E-state index in [2.05, 4.69) is 39.4 Å². The highest BCUT2D eigenvalue weighted by molar-refractivity contribution is 7.15. The molecule has 1 aromatic carbocycles. The summed E-state index contributed by atoms with van der Waals surface area (Å²) in [7, 11) is 0. The molecule has 0 aliphatic carbocycles. The number of ether oxygens (including phenoxy) is 2. The van der Waals surface area contributed by atoms with E-state index in [1.165, 1.54) is 5.56 Å². The minimum atomic E-state index is -0.135. The smallest absolute Gasteiger partial charge is 0.208 e. The third-order valence-corrected chi connectivity index (χ3v) is 5.22. The molecule has 2 aliphatic rings. The Kier molecular flexibility index (Phi) is 3.82. The summed E-state index contributed by atoms with van der Waals surface area (Å²) in [5.41, 5.74) is 1.14. The zero-order valence-corrected chi connectivity index (χ0v) is 13.2. The number of rotatable bonds is 3. The van der Waals surface area contributed by atoms with Crippen LogP contribution in [0.1, 0.15) is 17.0 Å². The minimum absolute atomic E-state index is 0.135. The van der Waals surface area contributed by atoms with Crippen molar-refractivity contribution in [2.75, 3.05) is 37.8 Å². The third-order valence-electron chi connectivity index (χ3n) is 4.24. The van der Waals surface area contributed by atoms with Gasteiger partial charge < -0.3 is 14.4 Å². The lowest BCUT2D eigenvalue weighted by atomic mass is 10.0. The zero-order chi connectivity index (χ0) is 14.8. The van der Waals surface area contributed by atoms with Crippen LogP contribution >= 0.6 is 11.3 Å². The maximum absolute atomic E-state index is 5.97. The second-order valence-electron chi connectivity index (χ2n) is 5.90. The van der Waals surface area contributed by atoms with Crippen LogP contribution in [0.15, 0.2) is 30.3 Å². The fourth-order valence-electron chi connectivity index (χ4n) is 3.05. The lowest BCUT2D eigenvalue weighted by Gasteiger charge is -2.39. The molecule has 2 aromatic rings. The largest absolute Gasteiger partial charge is 0.378 e. The Hall–Kier alpha value is -1.50. The van der Waals surface area contributed by atoms with Crippen molar-refractivity contribution in [3.63, 3.8) is 0 Å². The lowest BCUT2D eigenvalue weighted by molar-refractivity contribution is -0.0579. The fourth-order valence-corrected chi connectivity index (χ4v) is 3.95. The molecule has 5 nitrogen and oxygen atoms in total. The van der Waals surface area contributed by atoms with E-state index >= 15 is 0 Å². The van der Waals surface area contributed by atoms with Gasteiger partial charge in [-0.05, 0) is 5.56 Å². The Morgan fingerprint density at radius 3 is 2.91 bits per heavy atom. The average molecular weight is 317 g/mol. The molecule has 0 bridgehead atoms. The van der Waals surface area contributed by atoms with Crippen molar-refractivity contribution in [2.24, 2.45) is 0 Å². The third kappa shape index (κ3) is 2.86. The van der Waals surface area contributed by atoms with E-state index in [0.717, 1.165) is 49.3 Å². The van der Waals surface area contributed by atoms with Crippen LogP contribution in [-0.2, 0) is 15.9 Å². The van der Waals surface area contributed by atoms with E-state index in [9.17, 15) is 0 Å². The van der Waals surface area contributed by atoms with Gasteiger partial charge in [0.2, 0.25) is 5.13 Å². The molecule has 6 heteroatoms. The number of hydrogen-bond acceptors (Lipinski definition) is 6. The number of morpholine rings is 1. The normalized spacial score (nSPS) is 25.0. The first kappa shape index (κ1) is 14.1. The van der Waals surface area contributed by atoms with Crippen LogP contribution in [0, 0.1) is 0 Å². The second-order valence-corrected chi connectivity index (χ2v) is 6.94. The summed E-state index contributed by atoms with van der Waals surface area (Å²) in [5.74, 6) is 0. The van der Waals surface area contributed by atoms with Crippen molar-refractivity contribution in [2.45, 2.75) is 18.4 Å². The molecule has 2 saturated heterocycles. The summed E-state index contributed by atoms with van der Waals surface area (Å²) in [6.07, 6.45) is 1.82. The van der Waals surface area contributed by atoms with Crippen molar-refractivity contribution in [1.82, 2.24) is 10.2 Å². The maximum atomic E-state index is 5.97. The van der Waals surface area contributed by atoms with E-state index < -0.39 is 0 Å². The molecule has 116 valence electrons. The van der Waals surface area contributed by atoms with Gasteiger partial charge in [0, 0.05) is 26.0 Å². The molecule has 3 heterocycles. The lowest BCUT2D eigenvalue weighted by Crippen LogP contribution is -2.52. The molecule has 2 fully saturated rings. The number of aromatic nitrogens is 2. The summed E-state index contributed by atoms with van der Waals surface area (Å²) in [4.78, 5) is 2.30. The van der Waals surface area contributed by atoms with E-state index in [4.69, 9.17) is 9.47 Å². The standard InChI is InChI=1S/C16H19N3O2S/c1-2-4-13(5-3-1)10-14-17-18-15(22-14)19-7-9-21-16(11-19)6-8-20-12-16/h1-5H,6-12H2. The molecule has 1 spiro atoms. The molecule has 4 rings (SSSR count). The van der Waals surface area contributed by atoms with Gasteiger partial charge in [-0.1, -0.05) is 41.7 Å². The van der Waals surface area contributed by atoms with E-state index in [-0.39, 0.29) is 5.60 Å². The predicted octanol–water partition coefficient (Wildman–Crippen LogP) is 2.12. The summed E-state index contributed by atoms with van der Waals surface area (Å²) < 4.78 is 11.5. The Labute approximate surface area is 133 Å². The SMILES string of the molecule is c1ccc(Cc2nnc(N3CCOC4(CCOC4)C3)s2)cc1. The second kappa shape index (κ2) is 5.95. The molecule has 1 unspecified atom stereocenters. The van der Waals surface area contributed by atoms with Crippen molar-refractivity contribution in [3.05, 3.63) is 40.9 Å². The number of hydrogen-bond donors (Lipinski definition) is 0. The molecular weight excluding hydrogens is 298 g/mol. The van der Waals surface area contributed by atoms with Gasteiger partial charge in [0.15, 0.2) is 0 Å². The zero-order valence-electron chi connectivity index (χ0n) is 12.4. The number of anilines is 1. The first-order chi connectivity index (χ1) is 10.8. The highest BCUT2D eigenvalue weighted by Crippen LogP contribution is 2.31. The van der Waals surface area contributed by atoms with Crippen LogP contribution in [0.4, 0.5) is 5.13 Å². The molecule has 2 aliphatic heterocycles. The quantitative estimate of drug-likeness (QED) is 0.868. The van der Waals surface area contributed by atoms with Gasteiger partial charge in [0.1, 0.15) is 10.6 Å². The molecule has 0 amide bonds. The van der Waals surface area contributed by atoms with Crippen molar-refractivity contribution >= 4 is 16.5 Å². The van der Waals surface area contributed by atoms with Crippen molar-refractivity contribution in [3.8, 4) is 0 Å². The van der Waals surface area contributed by atoms with Gasteiger partial charge in [0.25, 0.3) is 0 Å². The molecule has 22 heavy (non-hydrogen) atoms. The van der Waals surface area contributed by atoms with Gasteiger partial charge in [-0.25, -0.2) is 0 Å². The van der Waals surface area contributed by atoms with E-state index in [1.54, 1.807) is 11.3 Å². The van der Waals surface area contributed by atoms with Gasteiger partial charge in [0.05, 0.1) is 19.8 Å². The summed E-state index contributed by atoms with van der Waals surface area (Å²) in [5, 5.41) is 10.8. The molecule has 1 atom stereocenters. The Bertz CT molecular complexity index is 625. The number of nitrogens with zero attached hydrogens (tertiary/aromatic N) is 3. The van der Waals surface area contributed by atoms with Crippen molar-refractivity contribution < 1.29 is 9.47 Å². The van der Waals surface area contributed by atoms with Crippen molar-refractivity contribution in [1.29, 1.82) is 0 Å². The molecule has 0 radical (unpaired) electrons. The topological polar surface area (TPSA) is 47.5 Å². The van der Waals surface area contributed by atoms with Crippen LogP contribution in [0.5, 0.6) is 0 Å². The molecular formula is C16H19N3O2S. The van der Waals surface area contributed by atoms with Gasteiger partial charge in [-0.3, -0.25) is 0 Å². The molecule has 0 saturated carbocycles. The van der Waals surface area contributed by atoms with Crippen LogP contribution in [0.2, 0.25) is 0 Å². The van der Waals surface area contributed by atoms with E-state index in [0.29, 0.717) is 6.61 Å². The Morgan fingerprint density at radius 1 is 1.18 bits per heavy atom. The van der Waals surface area contributed by atoms with Crippen LogP contribution in [-0.4, -0.2) is 48.7 Å². The highest BCUT2D eigenvalue weighted by Gasteiger charge is 2.41. The highest BCUT2D eigenvalue weighted by atomic mass is 32.1. The molecule has 0 N–H and O–H groups in total. The van der Waals surface area contributed by atoms with Crippen LogP contribution in [0.25, 0.3) is 0 Å². The van der Waals surface area contributed by atoms with Gasteiger partial charge >= 0.3 is 0 Å². The Morgan fingerprint density at radius 2 is 2.09 bits per heavy atom. The van der Waals surface area contributed by atoms with Gasteiger partial charge in [-0.2, -0.15) is 0 Å². The first-order valence-corrected chi connectivity index (χ1v) is 8.48. The summed E-state index contributed by atoms with van der Waals surface area (Å²) in [6, 6.07) is 10.4. The Balaban J connectivity index is 1.47. The number of benzene rings is 1. The summed E-state index contributed by atoms with van der Waals surface area (Å²) in [6.45, 7) is 3.95. The average Bonchev–Trinajstić information content (AvgIpc) is 3.19. The van der Waals surface area contributed by atoms with E-state index in [1.807, 2.05) is 6.07 Å².